The first-order chi connectivity index (χ1) is 6.59. The van der Waals surface area contributed by atoms with Gasteiger partial charge in [0.2, 0.25) is 0 Å². The topological polar surface area (TPSA) is 62.8 Å². The van der Waals surface area contributed by atoms with Crippen LogP contribution in [0.5, 0.6) is 0 Å². The van der Waals surface area contributed by atoms with E-state index in [0.29, 0.717) is 6.42 Å². The number of nitrogens with one attached hydrogen (secondary N) is 1. The van der Waals surface area contributed by atoms with Gasteiger partial charge in [-0.15, -0.1) is 11.8 Å². The summed E-state index contributed by atoms with van der Waals surface area (Å²) in [5.41, 5.74) is 5.32. The van der Waals surface area contributed by atoms with Crippen molar-refractivity contribution in [2.45, 2.75) is 23.6 Å². The Morgan fingerprint density at radius 3 is 3.07 bits per heavy atom. The summed E-state index contributed by atoms with van der Waals surface area (Å²) < 4.78 is 0.986. The molecule has 1 aromatic heterocycles. The summed E-state index contributed by atoms with van der Waals surface area (Å²) in [6.45, 7) is 2.03. The first kappa shape index (κ1) is 11.5. The number of nitrogens with zero attached hydrogens (tertiary/aromatic N) is 1. The molecule has 1 unspecified atom stereocenters. The average molecular weight is 274 g/mol. The predicted octanol–water partition coefficient (Wildman–Crippen LogP) is 2.65. The number of pyridine rings is 1. The summed E-state index contributed by atoms with van der Waals surface area (Å²) in [6, 6.07) is 3.83. The smallest absolute Gasteiger partial charge is 0.110 e. The molecular weight excluding hydrogens is 262 g/mol. The van der Waals surface area contributed by atoms with E-state index in [1.165, 1.54) is 0 Å². The summed E-state index contributed by atoms with van der Waals surface area (Å²) in [5.74, 6) is 0.219. The van der Waals surface area contributed by atoms with E-state index in [9.17, 15) is 0 Å². The Hall–Kier alpha value is -0.550. The Bertz CT molecular complexity index is 330. The molecule has 0 aromatic carbocycles. The molecule has 0 saturated heterocycles. The van der Waals surface area contributed by atoms with Gasteiger partial charge in [-0.25, -0.2) is 4.98 Å². The second-order valence-corrected chi connectivity index (χ2v) is 5.23. The lowest BCUT2D eigenvalue weighted by Crippen LogP contribution is -2.15. The fourth-order valence-electron chi connectivity index (χ4n) is 1.000. The number of nitrogens with two attached hydrogens (primary N) is 1. The van der Waals surface area contributed by atoms with Crippen molar-refractivity contribution in [2.24, 2.45) is 5.73 Å². The fraction of sp³-hybridized carbons (Fsp3) is 0.333. The summed E-state index contributed by atoms with van der Waals surface area (Å²) in [7, 11) is 0. The summed E-state index contributed by atoms with van der Waals surface area (Å²) >= 11 is 5.04. The Balaban J connectivity index is 2.60. The zero-order valence-electron chi connectivity index (χ0n) is 7.83. The maximum atomic E-state index is 7.18. The molecule has 0 amide bonds. The molecule has 5 heteroatoms. The van der Waals surface area contributed by atoms with Gasteiger partial charge in [-0.1, -0.05) is 6.92 Å². The Labute approximate surface area is 96.1 Å². The van der Waals surface area contributed by atoms with Gasteiger partial charge in [-0.05, 0) is 28.1 Å². The highest BCUT2D eigenvalue weighted by Gasteiger charge is 2.08. The molecule has 0 aliphatic rings. The van der Waals surface area contributed by atoms with Crippen molar-refractivity contribution < 1.29 is 0 Å². The highest BCUT2D eigenvalue weighted by atomic mass is 79.9. The van der Waals surface area contributed by atoms with E-state index in [2.05, 4.69) is 20.9 Å². The van der Waals surface area contributed by atoms with Crippen molar-refractivity contribution in [1.82, 2.24) is 4.98 Å². The molecule has 3 nitrogen and oxygen atoms in total. The van der Waals surface area contributed by atoms with Crippen molar-refractivity contribution in [3.63, 3.8) is 0 Å². The molecule has 0 spiro atoms. The predicted molar refractivity (Wildman–Crippen MR) is 63.8 cm³/mol. The van der Waals surface area contributed by atoms with Crippen LogP contribution in [0.15, 0.2) is 27.8 Å². The fourth-order valence-corrected chi connectivity index (χ4v) is 2.48. The lowest BCUT2D eigenvalue weighted by molar-refractivity contribution is 0.983. The quantitative estimate of drug-likeness (QED) is 0.504. The maximum absolute atomic E-state index is 7.18. The first-order valence-corrected chi connectivity index (χ1v) is 5.87. The van der Waals surface area contributed by atoms with E-state index in [1.807, 2.05) is 19.1 Å². The average Bonchev–Trinajstić information content (AvgIpc) is 2.07. The number of halogens is 1. The van der Waals surface area contributed by atoms with E-state index in [0.717, 1.165) is 9.50 Å². The molecule has 1 aromatic rings. The van der Waals surface area contributed by atoms with E-state index in [1.54, 1.807) is 18.0 Å². The summed E-state index contributed by atoms with van der Waals surface area (Å²) in [6.07, 6.45) is 2.35. The minimum absolute atomic E-state index is 0.219. The Kier molecular flexibility index (Phi) is 4.41. The monoisotopic (exact) mass is 273 g/mol. The third kappa shape index (κ3) is 3.67. The lowest BCUT2D eigenvalue weighted by Gasteiger charge is -2.09. The molecule has 3 N–H and O–H groups in total. The normalized spacial score (nSPS) is 12.4. The highest BCUT2D eigenvalue weighted by Crippen LogP contribution is 2.29. The van der Waals surface area contributed by atoms with Crippen molar-refractivity contribution >= 4 is 33.5 Å². The zero-order chi connectivity index (χ0) is 10.6. The van der Waals surface area contributed by atoms with Gasteiger partial charge in [0, 0.05) is 22.3 Å². The van der Waals surface area contributed by atoms with Crippen LogP contribution in [0.25, 0.3) is 0 Å². The van der Waals surface area contributed by atoms with Gasteiger partial charge in [0.1, 0.15) is 5.03 Å². The Morgan fingerprint density at radius 1 is 1.79 bits per heavy atom. The first-order valence-electron chi connectivity index (χ1n) is 4.19. The number of aromatic nitrogens is 1. The minimum atomic E-state index is 0.219. The van der Waals surface area contributed by atoms with Crippen LogP contribution in [0.1, 0.15) is 13.3 Å². The van der Waals surface area contributed by atoms with Crippen LogP contribution in [0.4, 0.5) is 0 Å². The van der Waals surface area contributed by atoms with Crippen LogP contribution in [-0.4, -0.2) is 16.1 Å². The molecular formula is C9H12BrN3S. The van der Waals surface area contributed by atoms with Crippen LogP contribution in [-0.2, 0) is 0 Å². The number of hydrogen-bond acceptors (Lipinski definition) is 3. The van der Waals surface area contributed by atoms with Gasteiger partial charge in [0.05, 0.1) is 5.84 Å². The van der Waals surface area contributed by atoms with Crippen molar-refractivity contribution in [1.29, 1.82) is 5.41 Å². The molecule has 0 bridgehead atoms. The van der Waals surface area contributed by atoms with Gasteiger partial charge in [0.15, 0.2) is 0 Å². The standard InChI is InChI=1S/C9H12BrN3S/c1-6(5-8(11)12)14-9-7(10)3-2-4-13-9/h2-4,6H,5H2,1H3,(H3,11,12). The van der Waals surface area contributed by atoms with Gasteiger partial charge in [-0.2, -0.15) is 0 Å². The summed E-state index contributed by atoms with van der Waals surface area (Å²) in [5, 5.41) is 8.40. The molecule has 0 aliphatic heterocycles. The summed E-state index contributed by atoms with van der Waals surface area (Å²) in [4.78, 5) is 4.23. The molecule has 0 fully saturated rings. The van der Waals surface area contributed by atoms with Gasteiger partial charge >= 0.3 is 0 Å². The second-order valence-electron chi connectivity index (χ2n) is 2.95. The number of rotatable bonds is 4. The SMILES string of the molecule is CC(CC(=N)N)Sc1ncccc1Br. The largest absolute Gasteiger partial charge is 0.388 e. The lowest BCUT2D eigenvalue weighted by atomic mass is 10.3. The molecule has 1 heterocycles. The second kappa shape index (κ2) is 5.36. The van der Waals surface area contributed by atoms with Crippen LogP contribution >= 0.6 is 27.7 Å². The van der Waals surface area contributed by atoms with E-state index >= 15 is 0 Å². The number of thioether (sulfide) groups is 1. The highest BCUT2D eigenvalue weighted by molar-refractivity contribution is 9.10. The van der Waals surface area contributed by atoms with Crippen molar-refractivity contribution in [3.05, 3.63) is 22.8 Å². The zero-order valence-corrected chi connectivity index (χ0v) is 10.2. The third-order valence-electron chi connectivity index (χ3n) is 1.54. The van der Waals surface area contributed by atoms with Crippen LogP contribution in [0.3, 0.4) is 0 Å². The van der Waals surface area contributed by atoms with E-state index in [4.69, 9.17) is 11.1 Å². The third-order valence-corrected chi connectivity index (χ3v) is 3.56. The van der Waals surface area contributed by atoms with Crippen LogP contribution in [0, 0.1) is 5.41 Å². The number of amidine groups is 1. The van der Waals surface area contributed by atoms with Gasteiger partial charge in [0.25, 0.3) is 0 Å². The maximum Gasteiger partial charge on any atom is 0.110 e. The van der Waals surface area contributed by atoms with Crippen molar-refractivity contribution in [2.75, 3.05) is 0 Å². The van der Waals surface area contributed by atoms with Gasteiger partial charge in [-0.3, -0.25) is 5.41 Å². The molecule has 14 heavy (non-hydrogen) atoms. The van der Waals surface area contributed by atoms with E-state index < -0.39 is 0 Å². The molecule has 1 rings (SSSR count). The van der Waals surface area contributed by atoms with Crippen LogP contribution < -0.4 is 5.73 Å². The molecule has 0 saturated carbocycles. The molecule has 0 aliphatic carbocycles. The molecule has 0 radical (unpaired) electrons. The molecule has 1 atom stereocenters. The number of hydrogen-bond donors (Lipinski definition) is 2. The van der Waals surface area contributed by atoms with Gasteiger partial charge < -0.3 is 5.73 Å². The molecule has 76 valence electrons. The minimum Gasteiger partial charge on any atom is -0.388 e. The van der Waals surface area contributed by atoms with Crippen molar-refractivity contribution in [3.8, 4) is 0 Å². The Morgan fingerprint density at radius 2 is 2.50 bits per heavy atom. The van der Waals surface area contributed by atoms with Crippen LogP contribution in [0.2, 0.25) is 0 Å². The van der Waals surface area contributed by atoms with E-state index in [-0.39, 0.29) is 11.1 Å².